The Labute approximate surface area is 108 Å². The predicted octanol–water partition coefficient (Wildman–Crippen LogP) is 2.10. The van der Waals surface area contributed by atoms with Crippen molar-refractivity contribution in [1.82, 2.24) is 5.32 Å². The molecule has 1 fully saturated rings. The van der Waals surface area contributed by atoms with Gasteiger partial charge in [-0.25, -0.2) is 0 Å². The summed E-state index contributed by atoms with van der Waals surface area (Å²) >= 11 is 0. The molecule has 3 nitrogen and oxygen atoms in total. The Kier molecular flexibility index (Phi) is 4.54. The lowest BCUT2D eigenvalue weighted by Gasteiger charge is -2.10. The summed E-state index contributed by atoms with van der Waals surface area (Å²) in [4.78, 5) is 11.8. The lowest BCUT2D eigenvalue weighted by molar-refractivity contribution is 0.0946. The number of nitrogens with two attached hydrogens (primary N) is 1. The van der Waals surface area contributed by atoms with Gasteiger partial charge >= 0.3 is 0 Å². The molecule has 17 heavy (non-hydrogen) atoms. The lowest BCUT2D eigenvalue weighted by atomic mass is 10.1. The van der Waals surface area contributed by atoms with E-state index in [1.54, 1.807) is 0 Å². The van der Waals surface area contributed by atoms with Crippen LogP contribution >= 0.6 is 12.4 Å². The molecule has 0 spiro atoms. The molecule has 0 bridgehead atoms. The van der Waals surface area contributed by atoms with E-state index in [0.717, 1.165) is 12.1 Å². The average Bonchev–Trinajstić information content (AvgIpc) is 3.05. The molecule has 2 rings (SSSR count). The van der Waals surface area contributed by atoms with Crippen LogP contribution in [0.2, 0.25) is 0 Å². The quantitative estimate of drug-likeness (QED) is 0.865. The van der Waals surface area contributed by atoms with Gasteiger partial charge in [0.1, 0.15) is 0 Å². The van der Waals surface area contributed by atoms with Gasteiger partial charge in [0.15, 0.2) is 0 Å². The fourth-order valence-corrected chi connectivity index (χ4v) is 1.58. The van der Waals surface area contributed by atoms with Crippen molar-refractivity contribution in [2.24, 2.45) is 11.1 Å². The van der Waals surface area contributed by atoms with Crippen molar-refractivity contribution in [3.05, 3.63) is 35.4 Å². The molecule has 1 aliphatic carbocycles. The molecule has 1 saturated carbocycles. The molecule has 0 heterocycles. The minimum absolute atomic E-state index is 0. The Morgan fingerprint density at radius 3 is 2.41 bits per heavy atom. The van der Waals surface area contributed by atoms with Crippen LogP contribution in [0, 0.1) is 5.41 Å². The number of hydrogen-bond donors (Lipinski definition) is 2. The maximum absolute atomic E-state index is 11.8. The second-order valence-electron chi connectivity index (χ2n) is 4.89. The van der Waals surface area contributed by atoms with Crippen molar-refractivity contribution in [2.45, 2.75) is 26.3 Å². The van der Waals surface area contributed by atoms with Crippen LogP contribution in [0.1, 0.15) is 35.7 Å². The Hall–Kier alpha value is -1.06. The summed E-state index contributed by atoms with van der Waals surface area (Å²) < 4.78 is 0. The molecule has 0 saturated heterocycles. The topological polar surface area (TPSA) is 55.1 Å². The summed E-state index contributed by atoms with van der Waals surface area (Å²) in [6, 6.07) is 7.45. The normalized spacial score (nSPS) is 15.9. The monoisotopic (exact) mass is 254 g/mol. The largest absolute Gasteiger partial charge is 0.351 e. The molecule has 0 aromatic heterocycles. The Morgan fingerprint density at radius 1 is 1.35 bits per heavy atom. The number of carbonyl (C=O) groups excluding carboxylic acids is 1. The summed E-state index contributed by atoms with van der Waals surface area (Å²) in [6.07, 6.45) is 2.44. The molecular weight excluding hydrogens is 236 g/mol. The third-order valence-corrected chi connectivity index (χ3v) is 3.23. The second-order valence-corrected chi connectivity index (χ2v) is 4.89. The van der Waals surface area contributed by atoms with Gasteiger partial charge in [-0.3, -0.25) is 4.79 Å². The van der Waals surface area contributed by atoms with Crippen LogP contribution in [0.15, 0.2) is 24.3 Å². The molecule has 1 amide bonds. The minimum Gasteiger partial charge on any atom is -0.351 e. The van der Waals surface area contributed by atoms with Crippen LogP contribution in [-0.4, -0.2) is 12.5 Å². The molecule has 0 aliphatic heterocycles. The molecular formula is C13H19ClN2O. The van der Waals surface area contributed by atoms with Gasteiger partial charge in [-0.1, -0.05) is 19.1 Å². The number of benzene rings is 1. The van der Waals surface area contributed by atoms with Gasteiger partial charge in [0.25, 0.3) is 5.91 Å². The number of carbonyl (C=O) groups is 1. The van der Waals surface area contributed by atoms with Crippen molar-refractivity contribution < 1.29 is 4.79 Å². The van der Waals surface area contributed by atoms with Gasteiger partial charge in [-0.05, 0) is 36.0 Å². The van der Waals surface area contributed by atoms with Crippen molar-refractivity contribution >= 4 is 18.3 Å². The van der Waals surface area contributed by atoms with Gasteiger partial charge in [0.2, 0.25) is 0 Å². The van der Waals surface area contributed by atoms with Crippen LogP contribution in [0.4, 0.5) is 0 Å². The first kappa shape index (κ1) is 14.0. The number of hydrogen-bond acceptors (Lipinski definition) is 2. The maximum atomic E-state index is 11.8. The van der Waals surface area contributed by atoms with E-state index in [0.29, 0.717) is 17.5 Å². The summed E-state index contributed by atoms with van der Waals surface area (Å²) in [5.74, 6) is 0.0108. The van der Waals surface area contributed by atoms with Gasteiger partial charge in [0.05, 0.1) is 0 Å². The molecule has 1 aromatic rings. The van der Waals surface area contributed by atoms with Crippen molar-refractivity contribution in [2.75, 3.05) is 6.54 Å². The van der Waals surface area contributed by atoms with E-state index in [1.807, 2.05) is 24.3 Å². The van der Waals surface area contributed by atoms with E-state index < -0.39 is 0 Å². The highest BCUT2D eigenvalue weighted by molar-refractivity contribution is 5.94. The zero-order chi connectivity index (χ0) is 11.6. The standard InChI is InChI=1S/C13H18N2O.ClH/c1-13(6-7-13)9-15-12(16)11-4-2-10(8-14)3-5-11;/h2-5H,6-9,14H2,1H3,(H,15,16);1H. The molecule has 4 heteroatoms. The van der Waals surface area contributed by atoms with Gasteiger partial charge in [-0.2, -0.15) is 0 Å². The van der Waals surface area contributed by atoms with Gasteiger partial charge in [-0.15, -0.1) is 12.4 Å². The second kappa shape index (κ2) is 5.52. The molecule has 94 valence electrons. The first-order valence-electron chi connectivity index (χ1n) is 5.70. The predicted molar refractivity (Wildman–Crippen MR) is 71.3 cm³/mol. The number of halogens is 1. The zero-order valence-electron chi connectivity index (χ0n) is 10.0. The molecule has 0 unspecified atom stereocenters. The number of rotatable bonds is 4. The summed E-state index contributed by atoms with van der Waals surface area (Å²) in [5.41, 5.74) is 7.61. The number of nitrogens with one attached hydrogen (secondary N) is 1. The summed E-state index contributed by atoms with van der Waals surface area (Å²) in [5, 5.41) is 2.97. The van der Waals surface area contributed by atoms with Crippen molar-refractivity contribution in [3.63, 3.8) is 0 Å². The zero-order valence-corrected chi connectivity index (χ0v) is 10.8. The lowest BCUT2D eigenvalue weighted by Crippen LogP contribution is -2.28. The first-order valence-corrected chi connectivity index (χ1v) is 5.70. The maximum Gasteiger partial charge on any atom is 0.251 e. The fraction of sp³-hybridized carbons (Fsp3) is 0.462. The molecule has 1 aliphatic rings. The van der Waals surface area contributed by atoms with E-state index >= 15 is 0 Å². The fourth-order valence-electron chi connectivity index (χ4n) is 1.58. The first-order chi connectivity index (χ1) is 7.63. The van der Waals surface area contributed by atoms with E-state index in [-0.39, 0.29) is 18.3 Å². The Morgan fingerprint density at radius 2 is 1.94 bits per heavy atom. The third kappa shape index (κ3) is 3.72. The average molecular weight is 255 g/mol. The third-order valence-electron chi connectivity index (χ3n) is 3.23. The van der Waals surface area contributed by atoms with Crippen LogP contribution in [0.25, 0.3) is 0 Å². The molecule has 0 radical (unpaired) electrons. The van der Waals surface area contributed by atoms with Crippen LogP contribution < -0.4 is 11.1 Å². The van der Waals surface area contributed by atoms with E-state index in [9.17, 15) is 4.79 Å². The molecule has 3 N–H and O–H groups in total. The van der Waals surface area contributed by atoms with E-state index in [2.05, 4.69) is 12.2 Å². The SMILES string of the molecule is CC1(CNC(=O)c2ccc(CN)cc2)CC1.Cl. The minimum atomic E-state index is 0. The van der Waals surface area contributed by atoms with Crippen molar-refractivity contribution in [3.8, 4) is 0 Å². The molecule has 1 aromatic carbocycles. The Bertz CT molecular complexity index is 385. The van der Waals surface area contributed by atoms with Crippen LogP contribution in [0.3, 0.4) is 0 Å². The Balaban J connectivity index is 0.00000144. The van der Waals surface area contributed by atoms with Crippen molar-refractivity contribution in [1.29, 1.82) is 0 Å². The highest BCUT2D eigenvalue weighted by Crippen LogP contribution is 2.44. The van der Waals surface area contributed by atoms with Gasteiger partial charge < -0.3 is 11.1 Å². The van der Waals surface area contributed by atoms with E-state index in [1.165, 1.54) is 12.8 Å². The molecule has 0 atom stereocenters. The highest BCUT2D eigenvalue weighted by atomic mass is 35.5. The van der Waals surface area contributed by atoms with Crippen LogP contribution in [-0.2, 0) is 6.54 Å². The summed E-state index contributed by atoms with van der Waals surface area (Å²) in [7, 11) is 0. The smallest absolute Gasteiger partial charge is 0.251 e. The van der Waals surface area contributed by atoms with E-state index in [4.69, 9.17) is 5.73 Å². The summed E-state index contributed by atoms with van der Waals surface area (Å²) in [6.45, 7) is 3.50. The van der Waals surface area contributed by atoms with Gasteiger partial charge in [0, 0.05) is 18.7 Å². The highest BCUT2D eigenvalue weighted by Gasteiger charge is 2.37. The van der Waals surface area contributed by atoms with Crippen LogP contribution in [0.5, 0.6) is 0 Å². The number of amides is 1.